The van der Waals surface area contributed by atoms with Crippen molar-refractivity contribution in [2.24, 2.45) is 5.92 Å². The number of amides is 3. The summed E-state index contributed by atoms with van der Waals surface area (Å²) in [5.41, 5.74) is 1.29. The first-order valence-electron chi connectivity index (χ1n) is 9.11. The average Bonchev–Trinajstić information content (AvgIpc) is 3.34. The van der Waals surface area contributed by atoms with Crippen LogP contribution >= 0.6 is 0 Å². The molecule has 0 spiro atoms. The van der Waals surface area contributed by atoms with Gasteiger partial charge in [-0.1, -0.05) is 13.8 Å². The minimum absolute atomic E-state index is 0.0460. The van der Waals surface area contributed by atoms with Crippen LogP contribution in [0.15, 0.2) is 34.1 Å². The van der Waals surface area contributed by atoms with Crippen molar-refractivity contribution < 1.29 is 18.4 Å². The number of aromatic nitrogens is 2. The lowest BCUT2D eigenvalue weighted by Crippen LogP contribution is -2.53. The molecule has 3 rings (SSSR count). The van der Waals surface area contributed by atoms with Crippen molar-refractivity contribution in [3.8, 4) is 0 Å². The second-order valence-electron chi connectivity index (χ2n) is 7.04. The average molecular weight is 375 g/mol. The Morgan fingerprint density at radius 3 is 2.37 bits per heavy atom. The predicted octanol–water partition coefficient (Wildman–Crippen LogP) is 2.02. The molecule has 0 saturated carbocycles. The Labute approximate surface area is 157 Å². The molecule has 1 unspecified atom stereocenters. The maximum absolute atomic E-state index is 12.9. The molecule has 1 aliphatic heterocycles. The molecule has 9 heteroatoms. The summed E-state index contributed by atoms with van der Waals surface area (Å²) >= 11 is 0. The van der Waals surface area contributed by atoms with E-state index in [1.54, 1.807) is 4.90 Å². The molecular formula is C18H25N5O4. The highest BCUT2D eigenvalue weighted by molar-refractivity contribution is 5.78. The molecule has 27 heavy (non-hydrogen) atoms. The van der Waals surface area contributed by atoms with Crippen molar-refractivity contribution in [3.05, 3.63) is 36.7 Å². The molecule has 0 radical (unpaired) electrons. The molecule has 3 amide bonds. The lowest BCUT2D eigenvalue weighted by molar-refractivity contribution is -0.135. The third kappa shape index (κ3) is 5.08. The smallest absolute Gasteiger partial charge is 0.318 e. The number of piperidine rings is 1. The monoisotopic (exact) mass is 375 g/mol. The lowest BCUT2D eigenvalue weighted by atomic mass is 10.0. The quantitative estimate of drug-likeness (QED) is 0.828. The van der Waals surface area contributed by atoms with Gasteiger partial charge in [0.15, 0.2) is 12.8 Å². The van der Waals surface area contributed by atoms with Crippen LogP contribution in [0.25, 0.3) is 0 Å². The highest BCUT2D eigenvalue weighted by atomic mass is 16.3. The molecule has 146 valence electrons. The molecule has 2 aromatic rings. The number of nitrogens with zero attached hydrogens (tertiary/aromatic N) is 4. The van der Waals surface area contributed by atoms with Crippen LogP contribution < -0.4 is 5.32 Å². The van der Waals surface area contributed by atoms with Gasteiger partial charge in [0.25, 0.3) is 0 Å². The largest absolute Gasteiger partial charge is 0.451 e. The Bertz CT molecular complexity index is 693. The van der Waals surface area contributed by atoms with E-state index in [1.165, 1.54) is 25.3 Å². The van der Waals surface area contributed by atoms with E-state index in [2.05, 4.69) is 15.3 Å². The van der Waals surface area contributed by atoms with Crippen LogP contribution in [0.3, 0.4) is 0 Å². The number of carbonyl (C=O) groups excluding carboxylic acids is 2. The van der Waals surface area contributed by atoms with E-state index in [9.17, 15) is 9.59 Å². The summed E-state index contributed by atoms with van der Waals surface area (Å²) < 4.78 is 9.99. The minimum Gasteiger partial charge on any atom is -0.451 e. The fourth-order valence-corrected chi connectivity index (χ4v) is 3.15. The molecule has 0 bridgehead atoms. The van der Waals surface area contributed by atoms with E-state index < -0.39 is 0 Å². The van der Waals surface area contributed by atoms with Crippen LogP contribution in [0.2, 0.25) is 0 Å². The fourth-order valence-electron chi connectivity index (χ4n) is 3.15. The maximum Gasteiger partial charge on any atom is 0.318 e. The molecule has 1 aliphatic rings. The van der Waals surface area contributed by atoms with Crippen molar-refractivity contribution in [2.45, 2.75) is 45.8 Å². The van der Waals surface area contributed by atoms with Crippen molar-refractivity contribution in [1.29, 1.82) is 0 Å². The molecule has 3 heterocycles. The summed E-state index contributed by atoms with van der Waals surface area (Å²) in [6.45, 7) is 5.63. The zero-order chi connectivity index (χ0) is 19.2. The summed E-state index contributed by atoms with van der Waals surface area (Å²) in [5.74, 6) is 0.0753. The van der Waals surface area contributed by atoms with Crippen LogP contribution in [0.5, 0.6) is 0 Å². The molecular weight excluding hydrogens is 350 g/mol. The van der Waals surface area contributed by atoms with Gasteiger partial charge in [0.05, 0.1) is 24.5 Å². The Morgan fingerprint density at radius 1 is 1.22 bits per heavy atom. The molecule has 2 aromatic heterocycles. The molecule has 1 N–H and O–H groups in total. The highest BCUT2D eigenvalue weighted by Crippen LogP contribution is 2.15. The van der Waals surface area contributed by atoms with Crippen molar-refractivity contribution in [3.63, 3.8) is 0 Å². The third-order valence-corrected chi connectivity index (χ3v) is 4.51. The SMILES string of the molecule is CC(C)C(=O)N1CCCC(NC(=O)N(Cc2cocn2)Cc2cocn2)C1. The molecule has 0 aromatic carbocycles. The van der Waals surface area contributed by atoms with E-state index in [-0.39, 0.29) is 37.0 Å². The van der Waals surface area contributed by atoms with Gasteiger partial charge in [-0.15, -0.1) is 0 Å². The summed E-state index contributed by atoms with van der Waals surface area (Å²) in [7, 11) is 0. The predicted molar refractivity (Wildman–Crippen MR) is 95.2 cm³/mol. The Morgan fingerprint density at radius 2 is 1.85 bits per heavy atom. The topological polar surface area (TPSA) is 105 Å². The number of oxazole rings is 2. The van der Waals surface area contributed by atoms with E-state index in [1.807, 2.05) is 18.7 Å². The Hall–Kier alpha value is -2.84. The first-order valence-corrected chi connectivity index (χ1v) is 9.11. The van der Waals surface area contributed by atoms with Gasteiger partial charge >= 0.3 is 6.03 Å². The zero-order valence-electron chi connectivity index (χ0n) is 15.6. The van der Waals surface area contributed by atoms with Crippen molar-refractivity contribution in [2.75, 3.05) is 13.1 Å². The number of rotatable bonds is 6. The Kier molecular flexibility index (Phi) is 6.10. The Balaban J connectivity index is 1.63. The van der Waals surface area contributed by atoms with E-state index >= 15 is 0 Å². The lowest BCUT2D eigenvalue weighted by Gasteiger charge is -2.35. The summed E-state index contributed by atoms with van der Waals surface area (Å²) in [4.78, 5) is 36.7. The summed E-state index contributed by atoms with van der Waals surface area (Å²) in [6.07, 6.45) is 7.39. The van der Waals surface area contributed by atoms with Crippen molar-refractivity contribution >= 4 is 11.9 Å². The first-order chi connectivity index (χ1) is 13.0. The second-order valence-corrected chi connectivity index (χ2v) is 7.04. The van der Waals surface area contributed by atoms with Crippen LogP contribution in [0.4, 0.5) is 4.79 Å². The number of nitrogens with one attached hydrogen (secondary N) is 1. The minimum atomic E-state index is -0.232. The van der Waals surface area contributed by atoms with Crippen LogP contribution in [0.1, 0.15) is 38.1 Å². The third-order valence-electron chi connectivity index (χ3n) is 4.51. The second kappa shape index (κ2) is 8.70. The first kappa shape index (κ1) is 18.9. The summed E-state index contributed by atoms with van der Waals surface area (Å²) in [6, 6.07) is -0.309. The molecule has 1 atom stereocenters. The number of carbonyl (C=O) groups is 2. The van der Waals surface area contributed by atoms with E-state index in [0.29, 0.717) is 17.9 Å². The number of hydrogen-bond acceptors (Lipinski definition) is 6. The maximum atomic E-state index is 12.9. The van der Waals surface area contributed by atoms with E-state index in [0.717, 1.165) is 19.4 Å². The molecule has 9 nitrogen and oxygen atoms in total. The van der Waals surface area contributed by atoms with Crippen LogP contribution in [-0.4, -0.2) is 50.8 Å². The molecule has 1 saturated heterocycles. The van der Waals surface area contributed by atoms with Crippen LogP contribution in [0, 0.1) is 5.92 Å². The number of likely N-dealkylation sites (tertiary alicyclic amines) is 1. The number of urea groups is 1. The number of hydrogen-bond donors (Lipinski definition) is 1. The normalized spacial score (nSPS) is 17.1. The van der Waals surface area contributed by atoms with Crippen LogP contribution in [-0.2, 0) is 17.9 Å². The van der Waals surface area contributed by atoms with Gasteiger partial charge in [-0.3, -0.25) is 4.79 Å². The molecule has 1 fully saturated rings. The van der Waals surface area contributed by atoms with Gasteiger partial charge in [0.1, 0.15) is 12.5 Å². The van der Waals surface area contributed by atoms with Gasteiger partial charge in [-0.25, -0.2) is 14.8 Å². The van der Waals surface area contributed by atoms with Gasteiger partial charge in [-0.05, 0) is 12.8 Å². The standard InChI is InChI=1S/C18H25N5O4/c1-13(2)17(24)22-5-3-4-14(6-22)21-18(25)23(7-15-9-26-11-19-15)8-16-10-27-12-20-16/h9-14H,3-8H2,1-2H3,(H,21,25). The van der Waals surface area contributed by atoms with Gasteiger partial charge in [-0.2, -0.15) is 0 Å². The van der Waals surface area contributed by atoms with Gasteiger partial charge in [0.2, 0.25) is 5.91 Å². The fraction of sp³-hybridized carbons (Fsp3) is 0.556. The van der Waals surface area contributed by atoms with Gasteiger partial charge in [0, 0.05) is 25.0 Å². The van der Waals surface area contributed by atoms with Gasteiger partial charge < -0.3 is 24.0 Å². The van der Waals surface area contributed by atoms with Crippen molar-refractivity contribution in [1.82, 2.24) is 25.1 Å². The zero-order valence-corrected chi connectivity index (χ0v) is 15.6. The summed E-state index contributed by atoms with van der Waals surface area (Å²) in [5, 5.41) is 3.04. The molecule has 0 aliphatic carbocycles. The van der Waals surface area contributed by atoms with E-state index in [4.69, 9.17) is 8.83 Å². The highest BCUT2D eigenvalue weighted by Gasteiger charge is 2.27.